The van der Waals surface area contributed by atoms with Crippen LogP contribution in [0.3, 0.4) is 0 Å². The largest absolute Gasteiger partial charge is 0.456 e. The molecule has 0 radical (unpaired) electrons. The van der Waals surface area contributed by atoms with Gasteiger partial charge in [0.05, 0.1) is 0 Å². The molecule has 1 aliphatic rings. The van der Waals surface area contributed by atoms with E-state index in [-0.39, 0.29) is 0 Å². The van der Waals surface area contributed by atoms with Crippen molar-refractivity contribution in [2.45, 2.75) is 19.9 Å². The SMILES string of the molecule is C=c1ccc2c(c1)Oc1cc(NC(C)C)ccc1C=2c1ccccc1. The molecule has 0 amide bonds. The zero-order valence-electron chi connectivity index (χ0n) is 14.5. The average Bonchev–Trinajstić information content (AvgIpc) is 2.59. The highest BCUT2D eigenvalue weighted by molar-refractivity contribution is 5.86. The maximum atomic E-state index is 6.23. The fourth-order valence-corrected chi connectivity index (χ4v) is 3.27. The molecule has 0 unspecified atom stereocenters. The number of ether oxygens (including phenoxy) is 1. The van der Waals surface area contributed by atoms with Crippen LogP contribution in [0, 0.1) is 0 Å². The lowest BCUT2D eigenvalue weighted by Gasteiger charge is -2.22. The molecule has 1 heterocycles. The summed E-state index contributed by atoms with van der Waals surface area (Å²) >= 11 is 0. The minimum absolute atomic E-state index is 0.373. The highest BCUT2D eigenvalue weighted by Gasteiger charge is 2.20. The average molecular weight is 327 g/mol. The Kier molecular flexibility index (Phi) is 3.81. The van der Waals surface area contributed by atoms with Crippen molar-refractivity contribution in [3.63, 3.8) is 0 Å². The lowest BCUT2D eigenvalue weighted by atomic mass is 9.92. The third kappa shape index (κ3) is 2.91. The maximum Gasteiger partial charge on any atom is 0.137 e. The second-order valence-corrected chi connectivity index (χ2v) is 6.68. The van der Waals surface area contributed by atoms with Gasteiger partial charge in [-0.2, -0.15) is 0 Å². The third-order valence-corrected chi connectivity index (χ3v) is 4.30. The Morgan fingerprint density at radius 3 is 2.44 bits per heavy atom. The third-order valence-electron chi connectivity index (χ3n) is 4.30. The Labute approximate surface area is 148 Å². The van der Waals surface area contributed by atoms with Crippen molar-refractivity contribution in [3.05, 3.63) is 88.3 Å². The van der Waals surface area contributed by atoms with Gasteiger partial charge in [-0.25, -0.2) is 0 Å². The summed E-state index contributed by atoms with van der Waals surface area (Å²) in [4.78, 5) is 0. The van der Waals surface area contributed by atoms with Crippen LogP contribution < -0.4 is 20.5 Å². The smallest absolute Gasteiger partial charge is 0.137 e. The van der Waals surface area contributed by atoms with Gasteiger partial charge in [-0.1, -0.05) is 49.0 Å². The number of hydrogen-bond acceptors (Lipinski definition) is 2. The van der Waals surface area contributed by atoms with Crippen LogP contribution in [-0.2, 0) is 0 Å². The summed E-state index contributed by atoms with van der Waals surface area (Å²) in [5, 5.41) is 5.50. The summed E-state index contributed by atoms with van der Waals surface area (Å²) in [7, 11) is 0. The minimum Gasteiger partial charge on any atom is -0.456 e. The molecule has 124 valence electrons. The molecule has 2 heteroatoms. The van der Waals surface area contributed by atoms with Crippen LogP contribution in [0.4, 0.5) is 5.69 Å². The summed E-state index contributed by atoms with van der Waals surface area (Å²) in [6.07, 6.45) is 0. The summed E-state index contributed by atoms with van der Waals surface area (Å²) in [6.45, 7) is 8.30. The van der Waals surface area contributed by atoms with E-state index in [0.29, 0.717) is 6.04 Å². The van der Waals surface area contributed by atoms with Gasteiger partial charge in [0, 0.05) is 34.2 Å². The van der Waals surface area contributed by atoms with E-state index in [4.69, 9.17) is 4.74 Å². The summed E-state index contributed by atoms with van der Waals surface area (Å²) in [5.74, 6) is 1.74. The number of nitrogens with one attached hydrogen (secondary N) is 1. The molecular formula is C23H21NO. The molecule has 2 nitrogen and oxygen atoms in total. The van der Waals surface area contributed by atoms with E-state index in [0.717, 1.165) is 33.2 Å². The van der Waals surface area contributed by atoms with Crippen LogP contribution >= 0.6 is 0 Å². The molecule has 3 aromatic rings. The molecule has 0 saturated heterocycles. The van der Waals surface area contributed by atoms with Gasteiger partial charge in [0.1, 0.15) is 11.5 Å². The first-order valence-electron chi connectivity index (χ1n) is 8.59. The number of hydrogen-bond donors (Lipinski definition) is 1. The topological polar surface area (TPSA) is 21.3 Å². The van der Waals surface area contributed by atoms with Gasteiger partial charge in [0.15, 0.2) is 0 Å². The lowest BCUT2D eigenvalue weighted by Crippen LogP contribution is -2.19. The molecule has 4 rings (SSSR count). The van der Waals surface area contributed by atoms with Gasteiger partial charge in [0.2, 0.25) is 0 Å². The van der Waals surface area contributed by atoms with Gasteiger partial charge in [-0.15, -0.1) is 0 Å². The van der Waals surface area contributed by atoms with Gasteiger partial charge in [-0.3, -0.25) is 0 Å². The van der Waals surface area contributed by atoms with Crippen molar-refractivity contribution in [2.75, 3.05) is 5.32 Å². The van der Waals surface area contributed by atoms with Crippen LogP contribution in [0.15, 0.2) is 66.7 Å². The molecule has 1 N–H and O–H groups in total. The number of rotatable bonds is 3. The Balaban J connectivity index is 1.98. The molecule has 0 fully saturated rings. The maximum absolute atomic E-state index is 6.23. The fourth-order valence-electron chi connectivity index (χ4n) is 3.27. The van der Waals surface area contributed by atoms with E-state index in [9.17, 15) is 0 Å². The van der Waals surface area contributed by atoms with Gasteiger partial charge < -0.3 is 10.1 Å². The minimum atomic E-state index is 0.373. The van der Waals surface area contributed by atoms with E-state index >= 15 is 0 Å². The van der Waals surface area contributed by atoms with Crippen molar-refractivity contribution in [1.82, 2.24) is 0 Å². The second kappa shape index (κ2) is 6.14. The predicted molar refractivity (Wildman–Crippen MR) is 105 cm³/mol. The molecule has 0 spiro atoms. The first-order chi connectivity index (χ1) is 12.1. The Bertz CT molecular complexity index is 1040. The Hall–Kier alpha value is -3.00. The van der Waals surface area contributed by atoms with E-state index in [2.05, 4.69) is 74.3 Å². The molecular weight excluding hydrogens is 306 g/mol. The standard InChI is InChI=1S/C23H21NO/c1-15(2)24-18-10-12-20-22(14-18)25-21-13-16(3)9-11-19(21)23(20)17-7-5-4-6-8-17/h4-15,24H,3H2,1-2H3. The number of fused-ring (bicyclic) bond motifs is 2. The van der Waals surface area contributed by atoms with Crippen molar-refractivity contribution >= 4 is 17.8 Å². The quantitative estimate of drug-likeness (QED) is 0.607. The van der Waals surface area contributed by atoms with Crippen molar-refractivity contribution in [1.29, 1.82) is 0 Å². The van der Waals surface area contributed by atoms with Crippen molar-refractivity contribution in [3.8, 4) is 11.5 Å². The van der Waals surface area contributed by atoms with Crippen LogP contribution in [0.2, 0.25) is 0 Å². The van der Waals surface area contributed by atoms with Crippen LogP contribution in [0.25, 0.3) is 12.2 Å². The molecule has 0 bridgehead atoms. The summed E-state index contributed by atoms with van der Waals surface area (Å²) < 4.78 is 6.23. The van der Waals surface area contributed by atoms with E-state index < -0.39 is 0 Å². The summed E-state index contributed by atoms with van der Waals surface area (Å²) in [6, 6.07) is 23.3. The second-order valence-electron chi connectivity index (χ2n) is 6.68. The van der Waals surface area contributed by atoms with Crippen LogP contribution in [-0.4, -0.2) is 6.04 Å². The van der Waals surface area contributed by atoms with E-state index in [1.54, 1.807) is 0 Å². The highest BCUT2D eigenvalue weighted by Crippen LogP contribution is 2.37. The fraction of sp³-hybridized carbons (Fsp3) is 0.130. The molecule has 0 saturated carbocycles. The molecule has 0 aliphatic carbocycles. The first kappa shape index (κ1) is 15.5. The molecule has 1 aliphatic heterocycles. The van der Waals surface area contributed by atoms with Crippen molar-refractivity contribution in [2.24, 2.45) is 0 Å². The normalized spacial score (nSPS) is 12.4. The summed E-state index contributed by atoms with van der Waals surface area (Å²) in [5.41, 5.74) is 4.57. The molecule has 3 aromatic carbocycles. The lowest BCUT2D eigenvalue weighted by molar-refractivity contribution is 0.472. The zero-order valence-corrected chi connectivity index (χ0v) is 14.5. The first-order valence-corrected chi connectivity index (χ1v) is 8.59. The number of benzene rings is 3. The Morgan fingerprint density at radius 1 is 0.880 bits per heavy atom. The van der Waals surface area contributed by atoms with Gasteiger partial charge in [-0.05, 0) is 42.8 Å². The highest BCUT2D eigenvalue weighted by atomic mass is 16.5. The Morgan fingerprint density at radius 2 is 1.68 bits per heavy atom. The molecule has 0 atom stereocenters. The van der Waals surface area contributed by atoms with E-state index in [1.165, 1.54) is 11.1 Å². The zero-order chi connectivity index (χ0) is 17.4. The predicted octanol–water partition coefficient (Wildman–Crippen LogP) is 4.27. The van der Waals surface area contributed by atoms with Crippen LogP contribution in [0.1, 0.15) is 25.0 Å². The van der Waals surface area contributed by atoms with E-state index in [1.807, 2.05) is 18.2 Å². The molecule has 25 heavy (non-hydrogen) atoms. The van der Waals surface area contributed by atoms with Crippen LogP contribution in [0.5, 0.6) is 11.5 Å². The van der Waals surface area contributed by atoms with Crippen molar-refractivity contribution < 1.29 is 4.74 Å². The molecule has 0 aromatic heterocycles. The van der Waals surface area contributed by atoms with Gasteiger partial charge in [0.25, 0.3) is 0 Å². The van der Waals surface area contributed by atoms with Gasteiger partial charge >= 0.3 is 0 Å². The number of anilines is 1. The monoisotopic (exact) mass is 327 g/mol.